The van der Waals surface area contributed by atoms with E-state index in [2.05, 4.69) is 21.0 Å². The molecule has 0 aliphatic heterocycles. The van der Waals surface area contributed by atoms with Crippen LogP contribution in [-0.2, 0) is 7.05 Å². The van der Waals surface area contributed by atoms with Crippen molar-refractivity contribution < 1.29 is 4.39 Å². The average Bonchev–Trinajstić information content (AvgIpc) is 2.60. The topological polar surface area (TPSA) is 43.8 Å². The molecule has 2 aromatic rings. The largest absolute Gasteiger partial charge is 0.320 e. The first-order chi connectivity index (χ1) is 8.84. The second kappa shape index (κ2) is 5.23. The van der Waals surface area contributed by atoms with Crippen LogP contribution in [0.5, 0.6) is 0 Å². The van der Waals surface area contributed by atoms with Crippen LogP contribution in [-0.4, -0.2) is 9.78 Å². The van der Waals surface area contributed by atoms with Crippen molar-refractivity contribution in [3.8, 4) is 0 Å². The zero-order valence-corrected chi connectivity index (χ0v) is 13.2. The highest BCUT2D eigenvalue weighted by molar-refractivity contribution is 9.10. The average molecular weight is 347 g/mol. The number of rotatable bonds is 2. The van der Waals surface area contributed by atoms with Crippen LogP contribution in [0.2, 0.25) is 5.02 Å². The summed E-state index contributed by atoms with van der Waals surface area (Å²) in [6.45, 7) is 3.77. The minimum absolute atomic E-state index is 0.0483. The number of hydrogen-bond acceptors (Lipinski definition) is 2. The van der Waals surface area contributed by atoms with Gasteiger partial charge in [-0.1, -0.05) is 17.7 Å². The summed E-state index contributed by atoms with van der Waals surface area (Å²) in [4.78, 5) is 0. The third-order valence-electron chi connectivity index (χ3n) is 3.28. The Labute approximate surface area is 124 Å². The van der Waals surface area contributed by atoms with Crippen LogP contribution in [0.15, 0.2) is 16.6 Å². The summed E-state index contributed by atoms with van der Waals surface area (Å²) in [5.74, 6) is -0.494. The monoisotopic (exact) mass is 345 g/mol. The fourth-order valence-electron chi connectivity index (χ4n) is 2.18. The lowest BCUT2D eigenvalue weighted by Crippen LogP contribution is -2.16. The Kier molecular flexibility index (Phi) is 3.99. The number of benzene rings is 1. The maximum absolute atomic E-state index is 14.2. The van der Waals surface area contributed by atoms with Gasteiger partial charge in [-0.25, -0.2) is 4.39 Å². The van der Waals surface area contributed by atoms with Crippen molar-refractivity contribution in [2.45, 2.75) is 19.9 Å². The first-order valence-corrected chi connectivity index (χ1v) is 6.90. The number of aromatic nitrogens is 2. The van der Waals surface area contributed by atoms with E-state index in [0.717, 1.165) is 17.0 Å². The minimum Gasteiger partial charge on any atom is -0.320 e. The Balaban J connectivity index is 2.56. The molecule has 1 heterocycles. The normalized spacial score (nSPS) is 12.8. The van der Waals surface area contributed by atoms with Crippen LogP contribution in [0.4, 0.5) is 4.39 Å². The molecule has 0 amide bonds. The molecule has 0 aliphatic rings. The summed E-state index contributed by atoms with van der Waals surface area (Å²) >= 11 is 9.09. The van der Waals surface area contributed by atoms with Gasteiger partial charge in [0.2, 0.25) is 0 Å². The summed E-state index contributed by atoms with van der Waals surface area (Å²) < 4.78 is 16.5. The number of hydrogen-bond donors (Lipinski definition) is 1. The van der Waals surface area contributed by atoms with Gasteiger partial charge in [0.05, 0.1) is 16.8 Å². The second-order valence-corrected chi connectivity index (χ2v) is 5.68. The SMILES string of the molecule is Cc1nn(C)c(C)c1C(N)c1ccc(Br)c(Cl)c1F. The number of aryl methyl sites for hydroxylation is 2. The first kappa shape index (κ1) is 14.5. The molecule has 3 nitrogen and oxygen atoms in total. The Morgan fingerprint density at radius 2 is 2.05 bits per heavy atom. The molecule has 2 N–H and O–H groups in total. The highest BCUT2D eigenvalue weighted by Crippen LogP contribution is 2.33. The summed E-state index contributed by atoms with van der Waals surface area (Å²) in [5, 5.41) is 4.35. The molecule has 0 bridgehead atoms. The van der Waals surface area contributed by atoms with Crippen molar-refractivity contribution in [2.75, 3.05) is 0 Å². The standard InChI is InChI=1S/C13H14BrClFN3/c1-6-10(7(2)19(3)18-6)13(17)8-4-5-9(14)11(15)12(8)16/h4-5,13H,17H2,1-3H3. The highest BCUT2D eigenvalue weighted by Gasteiger charge is 2.22. The number of halogens is 3. The molecule has 1 aromatic carbocycles. The van der Waals surface area contributed by atoms with Gasteiger partial charge in [-0.15, -0.1) is 0 Å². The molecule has 0 saturated heterocycles. The first-order valence-electron chi connectivity index (χ1n) is 5.73. The molecule has 102 valence electrons. The van der Waals surface area contributed by atoms with Crippen LogP contribution < -0.4 is 5.73 Å². The van der Waals surface area contributed by atoms with E-state index in [9.17, 15) is 4.39 Å². The van der Waals surface area contributed by atoms with Gasteiger partial charge < -0.3 is 5.73 Å². The molecular weight excluding hydrogens is 333 g/mol. The molecule has 1 atom stereocenters. The molecule has 0 spiro atoms. The Hall–Kier alpha value is -0.910. The lowest BCUT2D eigenvalue weighted by molar-refractivity contribution is 0.598. The zero-order chi connectivity index (χ0) is 14.3. The van der Waals surface area contributed by atoms with E-state index in [1.807, 2.05) is 20.9 Å². The Bertz CT molecular complexity index is 639. The van der Waals surface area contributed by atoms with Gasteiger partial charge in [0.15, 0.2) is 0 Å². The quantitative estimate of drug-likeness (QED) is 0.844. The fourth-order valence-corrected chi connectivity index (χ4v) is 2.65. The van der Waals surface area contributed by atoms with Gasteiger partial charge >= 0.3 is 0 Å². The molecular formula is C13H14BrClFN3. The van der Waals surface area contributed by atoms with E-state index >= 15 is 0 Å². The van der Waals surface area contributed by atoms with Gasteiger partial charge in [-0.3, -0.25) is 4.68 Å². The molecule has 0 saturated carbocycles. The summed E-state index contributed by atoms with van der Waals surface area (Å²) in [6, 6.07) is 2.75. The smallest absolute Gasteiger partial charge is 0.148 e. The van der Waals surface area contributed by atoms with E-state index in [4.69, 9.17) is 17.3 Å². The van der Waals surface area contributed by atoms with Crippen LogP contribution in [0.1, 0.15) is 28.6 Å². The highest BCUT2D eigenvalue weighted by atomic mass is 79.9. The van der Waals surface area contributed by atoms with Gasteiger partial charge in [0.25, 0.3) is 0 Å². The molecule has 0 radical (unpaired) electrons. The van der Waals surface area contributed by atoms with Crippen LogP contribution in [0, 0.1) is 19.7 Å². The Morgan fingerprint density at radius 1 is 1.42 bits per heavy atom. The molecule has 0 fully saturated rings. The lowest BCUT2D eigenvalue weighted by atomic mass is 9.97. The fraction of sp³-hybridized carbons (Fsp3) is 0.308. The molecule has 19 heavy (non-hydrogen) atoms. The predicted molar refractivity (Wildman–Crippen MR) is 77.8 cm³/mol. The van der Waals surface area contributed by atoms with E-state index in [-0.39, 0.29) is 5.02 Å². The third kappa shape index (κ3) is 2.42. The Morgan fingerprint density at radius 3 is 2.58 bits per heavy atom. The van der Waals surface area contributed by atoms with E-state index < -0.39 is 11.9 Å². The maximum Gasteiger partial charge on any atom is 0.148 e. The van der Waals surface area contributed by atoms with Gasteiger partial charge in [-0.05, 0) is 35.8 Å². The maximum atomic E-state index is 14.2. The zero-order valence-electron chi connectivity index (χ0n) is 10.8. The predicted octanol–water partition coefficient (Wildman–Crippen LogP) is 3.64. The van der Waals surface area contributed by atoms with E-state index in [1.54, 1.807) is 16.8 Å². The van der Waals surface area contributed by atoms with Gasteiger partial charge in [0.1, 0.15) is 5.82 Å². The molecule has 1 unspecified atom stereocenters. The second-order valence-electron chi connectivity index (χ2n) is 4.45. The van der Waals surface area contributed by atoms with Crippen molar-refractivity contribution >= 4 is 27.5 Å². The molecule has 2 rings (SSSR count). The van der Waals surface area contributed by atoms with Crippen molar-refractivity contribution in [3.63, 3.8) is 0 Å². The third-order valence-corrected chi connectivity index (χ3v) is 4.53. The number of nitrogens with two attached hydrogens (primary N) is 1. The van der Waals surface area contributed by atoms with Crippen LogP contribution in [0.3, 0.4) is 0 Å². The molecule has 6 heteroatoms. The summed E-state index contributed by atoms with van der Waals surface area (Å²) in [7, 11) is 1.84. The summed E-state index contributed by atoms with van der Waals surface area (Å²) in [6.07, 6.45) is 0. The summed E-state index contributed by atoms with van der Waals surface area (Å²) in [5.41, 5.74) is 9.10. The minimum atomic E-state index is -0.584. The molecule has 1 aromatic heterocycles. The van der Waals surface area contributed by atoms with Crippen LogP contribution >= 0.6 is 27.5 Å². The van der Waals surface area contributed by atoms with E-state index in [0.29, 0.717) is 10.0 Å². The van der Waals surface area contributed by atoms with E-state index in [1.165, 1.54) is 0 Å². The lowest BCUT2D eigenvalue weighted by Gasteiger charge is -2.15. The van der Waals surface area contributed by atoms with Gasteiger partial charge in [0, 0.05) is 28.3 Å². The van der Waals surface area contributed by atoms with Gasteiger partial charge in [-0.2, -0.15) is 5.10 Å². The van der Waals surface area contributed by atoms with Crippen LogP contribution in [0.25, 0.3) is 0 Å². The van der Waals surface area contributed by atoms with Crippen molar-refractivity contribution in [3.05, 3.63) is 50.0 Å². The molecule has 0 aliphatic carbocycles. The van der Waals surface area contributed by atoms with Crippen molar-refractivity contribution in [2.24, 2.45) is 12.8 Å². The van der Waals surface area contributed by atoms with Crippen molar-refractivity contribution in [1.29, 1.82) is 0 Å². The van der Waals surface area contributed by atoms with Crippen molar-refractivity contribution in [1.82, 2.24) is 9.78 Å². The number of nitrogens with zero attached hydrogens (tertiary/aromatic N) is 2.